The van der Waals surface area contributed by atoms with E-state index in [9.17, 15) is 4.79 Å². The van der Waals surface area contributed by atoms with Gasteiger partial charge in [-0.25, -0.2) is 0 Å². The maximum absolute atomic E-state index is 12.8. The Labute approximate surface area is 301 Å². The van der Waals surface area contributed by atoms with Gasteiger partial charge >= 0.3 is 0 Å². The maximum Gasteiger partial charge on any atom is 0.192 e. The molecule has 1 aromatic heterocycles. The highest BCUT2D eigenvalue weighted by Gasteiger charge is 2.50. The standard InChI is InChI=1S/C42H70O3SSi2/c1-29-25-39(46-28-29)37(43)19-15-17-30(2)35-22-23-36-32(18-16-24-42(35,36)10)20-21-33-26-34(44-47(11,12)40(4,5)6)27-38(31(33)3)45-48(13,14)41(7,8)9/h20-21,25,28,30,34-36,38H,3,15-19,22-24,26-27H2,1-2,4-14H3/b32-20+,33-21-/t30-,34-,35-,36+,38+,42-/m1/s1. The van der Waals surface area contributed by atoms with E-state index in [0.29, 0.717) is 29.5 Å². The van der Waals surface area contributed by atoms with Gasteiger partial charge in [0.2, 0.25) is 0 Å². The molecule has 0 aromatic carbocycles. The molecule has 0 unspecified atom stereocenters. The predicted molar refractivity (Wildman–Crippen MR) is 213 cm³/mol. The van der Waals surface area contributed by atoms with Crippen LogP contribution in [0, 0.1) is 30.1 Å². The molecule has 3 saturated carbocycles. The lowest BCUT2D eigenvalue weighted by atomic mass is 9.60. The maximum atomic E-state index is 12.8. The average molecular weight is 711 g/mol. The summed E-state index contributed by atoms with van der Waals surface area (Å²) in [6, 6.07) is 2.05. The number of Topliss-reactive ketones (excluding diaryl/α,β-unsaturated/α-hetero) is 1. The zero-order chi connectivity index (χ0) is 35.9. The van der Waals surface area contributed by atoms with Crippen molar-refractivity contribution in [2.24, 2.45) is 23.2 Å². The molecule has 1 heterocycles. The first kappa shape index (κ1) is 39.7. The SMILES string of the molecule is C=C1/C(=C\C=C2/CCC[C@]3(C)[C@@H]([C@H](C)CCCC(=O)c4cc(C)cs4)CC[C@@H]23)C[C@@H](O[Si](C)(C)C(C)(C)C)C[C@@H]1O[Si](C)(C)C(C)(C)C. The van der Waals surface area contributed by atoms with E-state index in [-0.39, 0.29) is 22.3 Å². The molecule has 48 heavy (non-hydrogen) atoms. The van der Waals surface area contributed by atoms with Crippen molar-refractivity contribution in [3.8, 4) is 0 Å². The molecule has 3 nitrogen and oxygen atoms in total. The second-order valence-electron chi connectivity index (χ2n) is 19.1. The van der Waals surface area contributed by atoms with Gasteiger partial charge in [0.1, 0.15) is 0 Å². The van der Waals surface area contributed by atoms with Gasteiger partial charge in [0.05, 0.1) is 17.1 Å². The number of carbonyl (C=O) groups excluding carboxylic acids is 1. The summed E-state index contributed by atoms with van der Waals surface area (Å²) in [7, 11) is -3.93. The monoisotopic (exact) mass is 710 g/mol. The van der Waals surface area contributed by atoms with Gasteiger partial charge < -0.3 is 8.85 Å². The lowest BCUT2D eigenvalue weighted by molar-refractivity contribution is 0.0900. The Kier molecular flexibility index (Phi) is 12.3. The van der Waals surface area contributed by atoms with Crippen molar-refractivity contribution in [2.45, 2.75) is 175 Å². The highest BCUT2D eigenvalue weighted by atomic mass is 32.1. The molecule has 0 N–H and O–H groups in total. The molecule has 3 fully saturated rings. The van der Waals surface area contributed by atoms with Gasteiger partial charge in [-0.3, -0.25) is 4.79 Å². The van der Waals surface area contributed by atoms with Crippen molar-refractivity contribution in [2.75, 3.05) is 0 Å². The van der Waals surface area contributed by atoms with E-state index < -0.39 is 16.6 Å². The summed E-state index contributed by atoms with van der Waals surface area (Å²) in [4.78, 5) is 13.7. The first-order chi connectivity index (χ1) is 22.1. The second kappa shape index (κ2) is 14.9. The fourth-order valence-electron chi connectivity index (χ4n) is 8.47. The molecule has 0 aliphatic heterocycles. The van der Waals surface area contributed by atoms with Crippen LogP contribution in [0.5, 0.6) is 0 Å². The molecular weight excluding hydrogens is 641 g/mol. The van der Waals surface area contributed by atoms with Gasteiger partial charge in [0, 0.05) is 12.8 Å². The zero-order valence-corrected chi connectivity index (χ0v) is 35.9. The van der Waals surface area contributed by atoms with E-state index in [1.807, 2.05) is 0 Å². The molecule has 270 valence electrons. The summed E-state index contributed by atoms with van der Waals surface area (Å²) < 4.78 is 14.2. The molecule has 6 atom stereocenters. The Morgan fingerprint density at radius 2 is 1.71 bits per heavy atom. The smallest absolute Gasteiger partial charge is 0.192 e. The van der Waals surface area contributed by atoms with Gasteiger partial charge in [0.15, 0.2) is 22.4 Å². The molecule has 4 rings (SSSR count). The number of rotatable bonds is 11. The molecule has 3 aliphatic carbocycles. The van der Waals surface area contributed by atoms with Gasteiger partial charge in [0.25, 0.3) is 0 Å². The Bertz CT molecular complexity index is 1370. The molecule has 0 amide bonds. The number of fused-ring (bicyclic) bond motifs is 1. The Hall–Kier alpha value is -1.06. The van der Waals surface area contributed by atoms with Gasteiger partial charge in [-0.15, -0.1) is 11.3 Å². The van der Waals surface area contributed by atoms with E-state index in [2.05, 4.69) is 112 Å². The minimum Gasteiger partial charge on any atom is -0.413 e. The fourth-order valence-corrected chi connectivity index (χ4v) is 12.0. The molecular formula is C42H70O3SSi2. The first-order valence-electron chi connectivity index (χ1n) is 19.1. The fraction of sp³-hybridized carbons (Fsp3) is 0.738. The summed E-state index contributed by atoms with van der Waals surface area (Å²) in [5, 5.41) is 2.41. The van der Waals surface area contributed by atoms with Gasteiger partial charge in [-0.05, 0) is 146 Å². The van der Waals surface area contributed by atoms with E-state index in [1.54, 1.807) is 16.9 Å². The summed E-state index contributed by atoms with van der Waals surface area (Å²) in [6.07, 6.45) is 16.2. The van der Waals surface area contributed by atoms with Crippen molar-refractivity contribution in [3.63, 3.8) is 0 Å². The van der Waals surface area contributed by atoms with Crippen LogP contribution in [-0.2, 0) is 8.85 Å². The number of aryl methyl sites for hydroxylation is 1. The number of hydrogen-bond donors (Lipinski definition) is 0. The van der Waals surface area contributed by atoms with Crippen molar-refractivity contribution in [1.82, 2.24) is 0 Å². The van der Waals surface area contributed by atoms with Crippen LogP contribution in [0.15, 0.2) is 46.9 Å². The second-order valence-corrected chi connectivity index (χ2v) is 29.6. The van der Waals surface area contributed by atoms with Crippen LogP contribution in [0.4, 0.5) is 0 Å². The lowest BCUT2D eigenvalue weighted by Gasteiger charge is -2.46. The van der Waals surface area contributed by atoms with Crippen LogP contribution in [0.3, 0.4) is 0 Å². The van der Waals surface area contributed by atoms with E-state index >= 15 is 0 Å². The highest BCUT2D eigenvalue weighted by molar-refractivity contribution is 7.12. The van der Waals surface area contributed by atoms with E-state index in [4.69, 9.17) is 15.4 Å². The minimum atomic E-state index is -1.99. The predicted octanol–water partition coefficient (Wildman–Crippen LogP) is 13.2. The van der Waals surface area contributed by atoms with Crippen LogP contribution < -0.4 is 0 Å². The zero-order valence-electron chi connectivity index (χ0n) is 33.1. The third-order valence-corrected chi connectivity index (χ3v) is 23.6. The summed E-state index contributed by atoms with van der Waals surface area (Å²) in [6.45, 7) is 35.3. The van der Waals surface area contributed by atoms with Gasteiger partial charge in [-0.2, -0.15) is 0 Å². The van der Waals surface area contributed by atoms with Crippen molar-refractivity contribution in [1.29, 1.82) is 0 Å². The van der Waals surface area contributed by atoms with Crippen molar-refractivity contribution < 1.29 is 13.6 Å². The largest absolute Gasteiger partial charge is 0.413 e. The topological polar surface area (TPSA) is 35.5 Å². The number of carbonyl (C=O) groups is 1. The van der Waals surface area contributed by atoms with Crippen LogP contribution in [0.1, 0.15) is 135 Å². The first-order valence-corrected chi connectivity index (χ1v) is 25.8. The Balaban J connectivity index is 1.51. The number of ketones is 1. The Morgan fingerprint density at radius 1 is 1.06 bits per heavy atom. The molecule has 0 radical (unpaired) electrons. The molecule has 0 saturated heterocycles. The average Bonchev–Trinajstić information content (AvgIpc) is 3.55. The third-order valence-electron chi connectivity index (χ3n) is 13.5. The summed E-state index contributed by atoms with van der Waals surface area (Å²) >= 11 is 1.60. The summed E-state index contributed by atoms with van der Waals surface area (Å²) in [5.74, 6) is 2.36. The summed E-state index contributed by atoms with van der Waals surface area (Å²) in [5.41, 5.74) is 5.71. The molecule has 1 aromatic rings. The minimum absolute atomic E-state index is 0.0168. The van der Waals surface area contributed by atoms with Gasteiger partial charge in [-0.1, -0.05) is 79.7 Å². The van der Waals surface area contributed by atoms with E-state index in [0.717, 1.165) is 36.5 Å². The molecule has 0 spiro atoms. The van der Waals surface area contributed by atoms with Crippen LogP contribution in [-0.4, -0.2) is 34.6 Å². The highest BCUT2D eigenvalue weighted by Crippen LogP contribution is 2.60. The van der Waals surface area contributed by atoms with Crippen LogP contribution >= 0.6 is 11.3 Å². The number of hydrogen-bond acceptors (Lipinski definition) is 4. The number of thiophene rings is 1. The molecule has 6 heteroatoms. The quantitative estimate of drug-likeness (QED) is 0.169. The van der Waals surface area contributed by atoms with Crippen LogP contribution in [0.2, 0.25) is 36.3 Å². The normalized spacial score (nSPS) is 29.8. The van der Waals surface area contributed by atoms with E-state index in [1.165, 1.54) is 48.8 Å². The van der Waals surface area contributed by atoms with Crippen molar-refractivity contribution >= 4 is 33.8 Å². The Morgan fingerprint density at radius 3 is 2.31 bits per heavy atom. The van der Waals surface area contributed by atoms with Crippen molar-refractivity contribution in [3.05, 3.63) is 57.3 Å². The molecule has 3 aliphatic rings. The lowest BCUT2D eigenvalue weighted by Crippen LogP contribution is -2.49. The molecule has 0 bridgehead atoms. The van der Waals surface area contributed by atoms with Crippen LogP contribution in [0.25, 0.3) is 0 Å². The number of allylic oxidation sites excluding steroid dienone is 3. The third kappa shape index (κ3) is 8.87.